The number of rotatable bonds is 3. The van der Waals surface area contributed by atoms with Crippen LogP contribution in [0.1, 0.15) is 17.3 Å². The van der Waals surface area contributed by atoms with E-state index in [2.05, 4.69) is 41.4 Å². The summed E-state index contributed by atoms with van der Waals surface area (Å²) in [4.78, 5) is 6.14. The van der Waals surface area contributed by atoms with Crippen molar-refractivity contribution in [3.8, 4) is 0 Å². The van der Waals surface area contributed by atoms with Crippen molar-refractivity contribution in [3.63, 3.8) is 0 Å². The van der Waals surface area contributed by atoms with Crippen LogP contribution >= 0.6 is 11.3 Å². The lowest BCUT2D eigenvalue weighted by Crippen LogP contribution is -2.50. The Kier molecular flexibility index (Phi) is 3.97. The van der Waals surface area contributed by atoms with E-state index in [4.69, 9.17) is 5.73 Å². The molecule has 2 N–H and O–H groups in total. The Labute approximate surface area is 102 Å². The first kappa shape index (κ1) is 12.0. The molecular formula is C12H21N3S. The van der Waals surface area contributed by atoms with Gasteiger partial charge in [0, 0.05) is 36.6 Å². The van der Waals surface area contributed by atoms with Crippen molar-refractivity contribution >= 4 is 11.3 Å². The maximum absolute atomic E-state index is 6.24. The largest absolute Gasteiger partial charge is 0.323 e. The van der Waals surface area contributed by atoms with E-state index < -0.39 is 0 Å². The molecule has 0 aromatic carbocycles. The predicted molar refractivity (Wildman–Crippen MR) is 69.8 cm³/mol. The van der Waals surface area contributed by atoms with Gasteiger partial charge >= 0.3 is 0 Å². The van der Waals surface area contributed by atoms with Crippen LogP contribution < -0.4 is 5.73 Å². The van der Waals surface area contributed by atoms with Gasteiger partial charge in [0.1, 0.15) is 0 Å². The van der Waals surface area contributed by atoms with Crippen molar-refractivity contribution < 1.29 is 0 Å². The number of likely N-dealkylation sites (N-methyl/N-ethyl adjacent to an activating group) is 2. The Bertz CT molecular complexity index is 312. The summed E-state index contributed by atoms with van der Waals surface area (Å²) in [6.07, 6.45) is 1.06. The Hall–Kier alpha value is -0.420. The Morgan fingerprint density at radius 3 is 3.00 bits per heavy atom. The molecule has 1 aromatic rings. The fraction of sp³-hybridized carbons (Fsp3) is 0.667. The highest BCUT2D eigenvalue weighted by atomic mass is 32.1. The van der Waals surface area contributed by atoms with Gasteiger partial charge < -0.3 is 15.5 Å². The molecule has 2 unspecified atom stereocenters. The Balaban J connectivity index is 1.93. The molecule has 1 aliphatic heterocycles. The summed E-state index contributed by atoms with van der Waals surface area (Å²) in [5, 5.41) is 2.10. The summed E-state index contributed by atoms with van der Waals surface area (Å²) in [6, 6.07) is 5.01. The average Bonchev–Trinajstić information content (AvgIpc) is 2.76. The standard InChI is InChI=1S/C12H21N3S/c1-14-5-6-15(2)10(9-14)8-11(13)12-4-3-7-16-12/h3-4,7,10-11H,5-6,8-9,13H2,1-2H3. The summed E-state index contributed by atoms with van der Waals surface area (Å²) in [6.45, 7) is 3.45. The zero-order valence-corrected chi connectivity index (χ0v) is 10.9. The van der Waals surface area contributed by atoms with Crippen LogP contribution in [-0.2, 0) is 0 Å². The molecule has 0 bridgehead atoms. The van der Waals surface area contributed by atoms with Gasteiger partial charge in [0.25, 0.3) is 0 Å². The number of hydrogen-bond acceptors (Lipinski definition) is 4. The molecule has 1 saturated heterocycles. The average molecular weight is 239 g/mol. The summed E-state index contributed by atoms with van der Waals surface area (Å²) in [5.41, 5.74) is 6.24. The molecule has 16 heavy (non-hydrogen) atoms. The second-order valence-electron chi connectivity index (χ2n) is 4.75. The van der Waals surface area contributed by atoms with Crippen LogP contribution in [0, 0.1) is 0 Å². The smallest absolute Gasteiger partial charge is 0.0405 e. The first-order valence-electron chi connectivity index (χ1n) is 5.84. The van der Waals surface area contributed by atoms with Gasteiger partial charge in [-0.05, 0) is 32.0 Å². The van der Waals surface area contributed by atoms with Crippen LogP contribution in [-0.4, -0.2) is 49.6 Å². The van der Waals surface area contributed by atoms with E-state index in [0.717, 1.165) is 19.5 Å². The SMILES string of the molecule is CN1CCN(C)C(CC(N)c2cccs2)C1. The van der Waals surface area contributed by atoms with E-state index in [1.807, 2.05) is 0 Å². The van der Waals surface area contributed by atoms with E-state index in [9.17, 15) is 0 Å². The monoisotopic (exact) mass is 239 g/mol. The van der Waals surface area contributed by atoms with Crippen LogP contribution in [0.4, 0.5) is 0 Å². The molecule has 1 aliphatic rings. The third-order valence-electron chi connectivity index (χ3n) is 3.41. The van der Waals surface area contributed by atoms with Gasteiger partial charge in [-0.1, -0.05) is 6.07 Å². The molecule has 1 aromatic heterocycles. The maximum atomic E-state index is 6.24. The number of thiophene rings is 1. The number of hydrogen-bond donors (Lipinski definition) is 1. The van der Waals surface area contributed by atoms with Crippen LogP contribution in [0.5, 0.6) is 0 Å². The first-order chi connectivity index (χ1) is 7.66. The Morgan fingerprint density at radius 1 is 1.50 bits per heavy atom. The van der Waals surface area contributed by atoms with Crippen molar-refractivity contribution in [2.24, 2.45) is 5.73 Å². The van der Waals surface area contributed by atoms with Crippen molar-refractivity contribution in [3.05, 3.63) is 22.4 Å². The number of piperazine rings is 1. The molecule has 4 heteroatoms. The number of nitrogens with two attached hydrogens (primary N) is 1. The molecular weight excluding hydrogens is 218 g/mol. The minimum absolute atomic E-state index is 0.193. The molecule has 1 fully saturated rings. The highest BCUT2D eigenvalue weighted by Gasteiger charge is 2.24. The fourth-order valence-electron chi connectivity index (χ4n) is 2.27. The molecule has 0 aliphatic carbocycles. The van der Waals surface area contributed by atoms with Crippen LogP contribution in [0.2, 0.25) is 0 Å². The van der Waals surface area contributed by atoms with E-state index in [0.29, 0.717) is 6.04 Å². The second-order valence-corrected chi connectivity index (χ2v) is 5.73. The van der Waals surface area contributed by atoms with Gasteiger partial charge in [0.15, 0.2) is 0 Å². The Morgan fingerprint density at radius 2 is 2.31 bits per heavy atom. The van der Waals surface area contributed by atoms with Gasteiger partial charge in [-0.2, -0.15) is 0 Å². The van der Waals surface area contributed by atoms with Crippen molar-refractivity contribution in [1.29, 1.82) is 0 Å². The molecule has 0 radical (unpaired) electrons. The molecule has 0 amide bonds. The molecule has 0 spiro atoms. The van der Waals surface area contributed by atoms with E-state index in [1.54, 1.807) is 11.3 Å². The van der Waals surface area contributed by atoms with Crippen molar-refractivity contribution in [1.82, 2.24) is 9.80 Å². The van der Waals surface area contributed by atoms with Gasteiger partial charge in [0.2, 0.25) is 0 Å². The minimum atomic E-state index is 0.193. The summed E-state index contributed by atoms with van der Waals surface area (Å²) in [5.74, 6) is 0. The maximum Gasteiger partial charge on any atom is 0.0405 e. The second kappa shape index (κ2) is 5.27. The fourth-order valence-corrected chi connectivity index (χ4v) is 3.01. The molecule has 2 atom stereocenters. The van der Waals surface area contributed by atoms with Crippen molar-refractivity contribution in [2.75, 3.05) is 33.7 Å². The lowest BCUT2D eigenvalue weighted by molar-refractivity contribution is 0.104. The first-order valence-corrected chi connectivity index (χ1v) is 6.72. The summed E-state index contributed by atoms with van der Waals surface area (Å²) >= 11 is 1.76. The van der Waals surface area contributed by atoms with E-state index >= 15 is 0 Å². The zero-order chi connectivity index (χ0) is 11.5. The van der Waals surface area contributed by atoms with Crippen LogP contribution in [0.3, 0.4) is 0 Å². The highest BCUT2D eigenvalue weighted by molar-refractivity contribution is 7.10. The van der Waals surface area contributed by atoms with Crippen LogP contribution in [0.15, 0.2) is 17.5 Å². The van der Waals surface area contributed by atoms with E-state index in [-0.39, 0.29) is 6.04 Å². The highest BCUT2D eigenvalue weighted by Crippen LogP contribution is 2.23. The van der Waals surface area contributed by atoms with Crippen molar-refractivity contribution in [2.45, 2.75) is 18.5 Å². The van der Waals surface area contributed by atoms with Gasteiger partial charge in [-0.3, -0.25) is 0 Å². The molecule has 2 heterocycles. The summed E-state index contributed by atoms with van der Waals surface area (Å²) < 4.78 is 0. The van der Waals surface area contributed by atoms with Crippen LogP contribution in [0.25, 0.3) is 0 Å². The van der Waals surface area contributed by atoms with Gasteiger partial charge in [-0.25, -0.2) is 0 Å². The summed E-state index contributed by atoms with van der Waals surface area (Å²) in [7, 11) is 4.40. The number of nitrogens with zero attached hydrogens (tertiary/aromatic N) is 2. The van der Waals surface area contributed by atoms with E-state index in [1.165, 1.54) is 11.4 Å². The molecule has 90 valence electrons. The lowest BCUT2D eigenvalue weighted by atomic mass is 10.0. The van der Waals surface area contributed by atoms with Gasteiger partial charge in [0.05, 0.1) is 0 Å². The van der Waals surface area contributed by atoms with Gasteiger partial charge in [-0.15, -0.1) is 11.3 Å². The molecule has 2 rings (SSSR count). The third-order valence-corrected chi connectivity index (χ3v) is 4.42. The minimum Gasteiger partial charge on any atom is -0.323 e. The molecule has 0 saturated carbocycles. The third kappa shape index (κ3) is 2.83. The zero-order valence-electron chi connectivity index (χ0n) is 10.1. The normalized spacial score (nSPS) is 25.8. The quantitative estimate of drug-likeness (QED) is 0.865. The lowest BCUT2D eigenvalue weighted by Gasteiger charge is -2.38. The molecule has 3 nitrogen and oxygen atoms in total. The predicted octanol–water partition coefficient (Wildman–Crippen LogP) is 1.38. The topological polar surface area (TPSA) is 32.5 Å².